The lowest BCUT2D eigenvalue weighted by Gasteiger charge is -2.12. The van der Waals surface area contributed by atoms with Crippen molar-refractivity contribution < 1.29 is 13.9 Å². The molecule has 2 aromatic rings. The average Bonchev–Trinajstić information content (AvgIpc) is 2.41. The fourth-order valence-electron chi connectivity index (χ4n) is 1.80. The molecule has 1 atom stereocenters. The van der Waals surface area contributed by atoms with Crippen LogP contribution in [0.15, 0.2) is 48.5 Å². The van der Waals surface area contributed by atoms with Gasteiger partial charge in [-0.2, -0.15) is 0 Å². The predicted molar refractivity (Wildman–Crippen MR) is 70.9 cm³/mol. The molecule has 0 aromatic heterocycles. The molecular formula is C15H15F2NO. The summed E-state index contributed by atoms with van der Waals surface area (Å²) in [5.41, 5.74) is 1.06. The molecule has 100 valence electrons. The van der Waals surface area contributed by atoms with Gasteiger partial charge in [0.25, 0.3) is 0 Å². The number of hydrogen-bond acceptors (Lipinski definition) is 2. The third-order valence-electron chi connectivity index (χ3n) is 2.86. The van der Waals surface area contributed by atoms with Crippen molar-refractivity contribution in [2.24, 2.45) is 0 Å². The minimum atomic E-state index is -0.695. The van der Waals surface area contributed by atoms with Gasteiger partial charge in [0.1, 0.15) is 11.6 Å². The molecule has 19 heavy (non-hydrogen) atoms. The second-order valence-electron chi connectivity index (χ2n) is 4.26. The summed E-state index contributed by atoms with van der Waals surface area (Å²) in [6.07, 6.45) is -0.278. The third kappa shape index (κ3) is 3.76. The van der Waals surface area contributed by atoms with Crippen LogP contribution in [0.4, 0.5) is 14.5 Å². The molecule has 2 rings (SSSR count). The molecule has 4 heteroatoms. The van der Waals surface area contributed by atoms with E-state index in [9.17, 15) is 13.9 Å². The van der Waals surface area contributed by atoms with E-state index in [-0.39, 0.29) is 11.6 Å². The summed E-state index contributed by atoms with van der Waals surface area (Å²) in [6.45, 7) is 0.430. The topological polar surface area (TPSA) is 32.3 Å². The lowest BCUT2D eigenvalue weighted by Crippen LogP contribution is -2.08. The number of aliphatic hydroxyl groups excluding tert-OH is 1. The molecule has 0 heterocycles. The molecule has 0 amide bonds. The van der Waals surface area contributed by atoms with Gasteiger partial charge in [0, 0.05) is 6.54 Å². The first-order chi connectivity index (χ1) is 9.16. The van der Waals surface area contributed by atoms with Crippen LogP contribution in [0.5, 0.6) is 0 Å². The van der Waals surface area contributed by atoms with Crippen molar-refractivity contribution in [3.05, 3.63) is 65.7 Å². The number of hydrogen-bond donors (Lipinski definition) is 2. The van der Waals surface area contributed by atoms with Gasteiger partial charge in [-0.1, -0.05) is 24.3 Å². The van der Waals surface area contributed by atoms with E-state index in [1.807, 2.05) is 0 Å². The fourth-order valence-corrected chi connectivity index (χ4v) is 1.80. The van der Waals surface area contributed by atoms with Crippen LogP contribution in [0.1, 0.15) is 18.1 Å². The molecule has 0 saturated carbocycles. The minimum absolute atomic E-state index is 0.321. The number of rotatable bonds is 5. The van der Waals surface area contributed by atoms with Gasteiger partial charge < -0.3 is 10.4 Å². The molecule has 0 aliphatic heterocycles. The van der Waals surface area contributed by atoms with Gasteiger partial charge >= 0.3 is 0 Å². The zero-order chi connectivity index (χ0) is 13.7. The van der Waals surface area contributed by atoms with Gasteiger partial charge in [-0.3, -0.25) is 0 Å². The first-order valence-electron chi connectivity index (χ1n) is 6.09. The largest absolute Gasteiger partial charge is 0.388 e. The quantitative estimate of drug-likeness (QED) is 0.865. The number of halogens is 2. The number of anilines is 1. The highest BCUT2D eigenvalue weighted by Gasteiger charge is 2.07. The smallest absolute Gasteiger partial charge is 0.146 e. The van der Waals surface area contributed by atoms with Gasteiger partial charge in [-0.25, -0.2) is 8.78 Å². The predicted octanol–water partition coefficient (Wildman–Crippen LogP) is 3.50. The Kier molecular flexibility index (Phi) is 4.47. The zero-order valence-corrected chi connectivity index (χ0v) is 10.3. The Hall–Kier alpha value is -1.94. The molecule has 1 unspecified atom stereocenters. The number of nitrogens with one attached hydrogen (secondary N) is 1. The van der Waals surface area contributed by atoms with Crippen LogP contribution in [0.3, 0.4) is 0 Å². The highest BCUT2D eigenvalue weighted by molar-refractivity contribution is 5.44. The highest BCUT2D eigenvalue weighted by atomic mass is 19.1. The van der Waals surface area contributed by atoms with Crippen molar-refractivity contribution in [3.8, 4) is 0 Å². The second-order valence-corrected chi connectivity index (χ2v) is 4.26. The summed E-state index contributed by atoms with van der Waals surface area (Å²) in [7, 11) is 0. The molecule has 0 spiro atoms. The fraction of sp³-hybridized carbons (Fsp3) is 0.200. The van der Waals surface area contributed by atoms with E-state index < -0.39 is 6.10 Å². The number of benzene rings is 2. The number of para-hydroxylation sites is 1. The van der Waals surface area contributed by atoms with Gasteiger partial charge in [0.05, 0.1) is 11.8 Å². The van der Waals surface area contributed by atoms with Crippen molar-refractivity contribution >= 4 is 5.69 Å². The second kappa shape index (κ2) is 6.29. The van der Waals surface area contributed by atoms with Crippen molar-refractivity contribution in [2.75, 3.05) is 11.9 Å². The summed E-state index contributed by atoms with van der Waals surface area (Å²) in [6, 6.07) is 12.1. The van der Waals surface area contributed by atoms with Gasteiger partial charge in [-0.15, -0.1) is 0 Å². The normalized spacial score (nSPS) is 12.2. The van der Waals surface area contributed by atoms with E-state index in [1.54, 1.807) is 30.3 Å². The van der Waals surface area contributed by atoms with Crippen LogP contribution >= 0.6 is 0 Å². The molecule has 2 aromatic carbocycles. The molecule has 0 aliphatic carbocycles. The van der Waals surface area contributed by atoms with E-state index in [2.05, 4.69) is 5.32 Å². The van der Waals surface area contributed by atoms with Crippen molar-refractivity contribution in [1.29, 1.82) is 0 Å². The maximum absolute atomic E-state index is 13.3. The molecule has 0 radical (unpaired) electrons. The van der Waals surface area contributed by atoms with Crippen LogP contribution in [-0.4, -0.2) is 11.7 Å². The lowest BCUT2D eigenvalue weighted by atomic mass is 10.1. The van der Waals surface area contributed by atoms with Crippen LogP contribution in [-0.2, 0) is 0 Å². The standard InChI is InChI=1S/C15H15F2NO/c16-12-7-5-11(6-8-12)15(19)9-10-18-14-4-2-1-3-13(14)17/h1-8,15,18-19H,9-10H2. The Bertz CT molecular complexity index is 528. The molecule has 2 N–H and O–H groups in total. The SMILES string of the molecule is OC(CCNc1ccccc1F)c1ccc(F)cc1. The summed E-state index contributed by atoms with van der Waals surface area (Å²) in [4.78, 5) is 0. The maximum Gasteiger partial charge on any atom is 0.146 e. The van der Waals surface area contributed by atoms with Crippen LogP contribution in [0.2, 0.25) is 0 Å². The van der Waals surface area contributed by atoms with E-state index in [4.69, 9.17) is 0 Å². The lowest BCUT2D eigenvalue weighted by molar-refractivity contribution is 0.171. The Morgan fingerprint density at radius 1 is 1.00 bits per heavy atom. The van der Waals surface area contributed by atoms with E-state index in [1.165, 1.54) is 18.2 Å². The maximum atomic E-state index is 13.3. The molecular weight excluding hydrogens is 248 g/mol. The highest BCUT2D eigenvalue weighted by Crippen LogP contribution is 2.18. The van der Waals surface area contributed by atoms with E-state index in [0.29, 0.717) is 24.2 Å². The van der Waals surface area contributed by atoms with Gasteiger partial charge in [-0.05, 0) is 36.2 Å². The van der Waals surface area contributed by atoms with Crippen LogP contribution < -0.4 is 5.32 Å². The van der Waals surface area contributed by atoms with Crippen LogP contribution in [0, 0.1) is 11.6 Å². The minimum Gasteiger partial charge on any atom is -0.388 e. The van der Waals surface area contributed by atoms with Gasteiger partial charge in [0.2, 0.25) is 0 Å². The summed E-state index contributed by atoms with van der Waals surface area (Å²) in [5, 5.41) is 12.8. The molecule has 0 bridgehead atoms. The molecule has 0 fully saturated rings. The molecule has 0 aliphatic rings. The monoisotopic (exact) mass is 263 g/mol. The average molecular weight is 263 g/mol. The number of aliphatic hydroxyl groups is 1. The van der Waals surface area contributed by atoms with E-state index >= 15 is 0 Å². The Labute approximate surface area is 110 Å². The Morgan fingerprint density at radius 2 is 1.68 bits per heavy atom. The van der Waals surface area contributed by atoms with Gasteiger partial charge in [0.15, 0.2) is 0 Å². The van der Waals surface area contributed by atoms with Crippen LogP contribution in [0.25, 0.3) is 0 Å². The molecule has 0 saturated heterocycles. The third-order valence-corrected chi connectivity index (χ3v) is 2.86. The van der Waals surface area contributed by atoms with Crippen molar-refractivity contribution in [2.45, 2.75) is 12.5 Å². The Balaban J connectivity index is 1.86. The van der Waals surface area contributed by atoms with Crippen molar-refractivity contribution in [3.63, 3.8) is 0 Å². The summed E-state index contributed by atoms with van der Waals surface area (Å²) >= 11 is 0. The Morgan fingerprint density at radius 3 is 2.37 bits per heavy atom. The summed E-state index contributed by atoms with van der Waals surface area (Å²) < 4.78 is 26.0. The summed E-state index contributed by atoms with van der Waals surface area (Å²) in [5.74, 6) is -0.654. The van der Waals surface area contributed by atoms with E-state index in [0.717, 1.165) is 0 Å². The zero-order valence-electron chi connectivity index (χ0n) is 10.3. The first-order valence-corrected chi connectivity index (χ1v) is 6.09. The first kappa shape index (κ1) is 13.5. The van der Waals surface area contributed by atoms with Crippen molar-refractivity contribution in [1.82, 2.24) is 0 Å². The molecule has 2 nitrogen and oxygen atoms in total.